The van der Waals surface area contributed by atoms with Crippen LogP contribution in [0.5, 0.6) is 0 Å². The van der Waals surface area contributed by atoms with Crippen LogP contribution in [0.2, 0.25) is 0 Å². The molecule has 0 aliphatic carbocycles. The van der Waals surface area contributed by atoms with Crippen LogP contribution in [0.25, 0.3) is 0 Å². The Bertz CT molecular complexity index is 1360. The number of thiocarbonyl (C=S) groups is 1. The number of esters is 1. The van der Waals surface area contributed by atoms with Gasteiger partial charge in [0.25, 0.3) is 11.8 Å². The van der Waals surface area contributed by atoms with Crippen molar-refractivity contribution in [3.05, 3.63) is 92.7 Å². The first-order valence-electron chi connectivity index (χ1n) is 11.3. The number of thioether (sulfide) groups is 1. The Hall–Kier alpha value is -3.27. The molecule has 1 saturated heterocycles. The van der Waals surface area contributed by atoms with E-state index in [0.29, 0.717) is 20.6 Å². The van der Waals surface area contributed by atoms with Gasteiger partial charge < -0.3 is 10.1 Å². The lowest BCUT2D eigenvalue weighted by atomic mass is 10.0. The number of thiophene rings is 1. The molecule has 4 rings (SSSR count). The summed E-state index contributed by atoms with van der Waals surface area (Å²) in [6.45, 7) is 5.66. The molecule has 0 atom stereocenters. The number of nitrogens with zero attached hydrogens (tertiary/aromatic N) is 1. The van der Waals surface area contributed by atoms with Gasteiger partial charge in [0.15, 0.2) is 4.32 Å². The van der Waals surface area contributed by atoms with Crippen LogP contribution in [0, 0.1) is 13.8 Å². The van der Waals surface area contributed by atoms with Crippen LogP contribution < -0.4 is 10.2 Å². The zero-order valence-corrected chi connectivity index (χ0v) is 22.4. The van der Waals surface area contributed by atoms with Crippen molar-refractivity contribution in [1.82, 2.24) is 0 Å². The second kappa shape index (κ2) is 11.2. The summed E-state index contributed by atoms with van der Waals surface area (Å²) in [5.74, 6) is -1.30. The Kier molecular flexibility index (Phi) is 8.03. The van der Waals surface area contributed by atoms with E-state index < -0.39 is 11.9 Å². The van der Waals surface area contributed by atoms with Crippen molar-refractivity contribution in [3.63, 3.8) is 0 Å². The predicted octanol–water partition coefficient (Wildman–Crippen LogP) is 6.04. The molecular formula is C27H24N2O4S3. The van der Waals surface area contributed by atoms with Gasteiger partial charge in [-0.2, -0.15) is 0 Å². The standard InChI is InChI=1S/C27H24N2O4S3/c1-4-33-26(32)21-16(2)17(3)35-24(21)28-23(30)20(15-18-11-7-5-8-12-18)22-25(31)29(27(34)36-22)19-13-9-6-10-14-19/h5-14H,4,15H2,1-3H3,(H,28,30)/b22-20+. The van der Waals surface area contributed by atoms with E-state index >= 15 is 0 Å². The number of para-hydroxylation sites is 1. The van der Waals surface area contributed by atoms with Crippen LogP contribution in [-0.2, 0) is 20.7 Å². The van der Waals surface area contributed by atoms with Gasteiger partial charge in [0.2, 0.25) is 0 Å². The van der Waals surface area contributed by atoms with Gasteiger partial charge in [-0.3, -0.25) is 14.5 Å². The molecular weight excluding hydrogens is 513 g/mol. The normalized spacial score (nSPS) is 14.7. The number of carbonyl (C=O) groups excluding carboxylic acids is 3. The largest absolute Gasteiger partial charge is 0.462 e. The van der Waals surface area contributed by atoms with E-state index in [-0.39, 0.29) is 29.4 Å². The third-order valence-corrected chi connectivity index (χ3v) is 8.19. The van der Waals surface area contributed by atoms with Crippen LogP contribution in [0.4, 0.5) is 10.7 Å². The van der Waals surface area contributed by atoms with Crippen molar-refractivity contribution < 1.29 is 19.1 Å². The summed E-state index contributed by atoms with van der Waals surface area (Å²) in [6.07, 6.45) is 0.226. The number of rotatable bonds is 7. The highest BCUT2D eigenvalue weighted by Crippen LogP contribution is 2.39. The molecule has 9 heteroatoms. The first-order valence-corrected chi connectivity index (χ1v) is 13.3. The van der Waals surface area contributed by atoms with E-state index in [9.17, 15) is 14.4 Å². The number of carbonyl (C=O) groups is 3. The number of hydrogen-bond donors (Lipinski definition) is 1. The summed E-state index contributed by atoms with van der Waals surface area (Å²) >= 11 is 7.94. The molecule has 0 saturated carbocycles. The molecule has 0 spiro atoms. The molecule has 1 N–H and O–H groups in total. The number of anilines is 2. The predicted molar refractivity (Wildman–Crippen MR) is 150 cm³/mol. The maximum Gasteiger partial charge on any atom is 0.341 e. The van der Waals surface area contributed by atoms with E-state index in [2.05, 4.69) is 5.32 Å². The van der Waals surface area contributed by atoms with Gasteiger partial charge in [-0.05, 0) is 44.0 Å². The van der Waals surface area contributed by atoms with Crippen molar-refractivity contribution in [2.24, 2.45) is 0 Å². The second-order valence-corrected chi connectivity index (χ2v) is 10.8. The molecule has 2 amide bonds. The van der Waals surface area contributed by atoms with Gasteiger partial charge in [0.05, 0.1) is 22.8 Å². The van der Waals surface area contributed by atoms with Crippen LogP contribution in [0.15, 0.2) is 71.1 Å². The topological polar surface area (TPSA) is 75.7 Å². The monoisotopic (exact) mass is 536 g/mol. The molecule has 2 aromatic carbocycles. The molecule has 36 heavy (non-hydrogen) atoms. The van der Waals surface area contributed by atoms with Crippen molar-refractivity contribution in [1.29, 1.82) is 0 Å². The Labute approximate surface area is 223 Å². The fourth-order valence-corrected chi connectivity index (χ4v) is 6.16. The van der Waals surface area contributed by atoms with Crippen molar-refractivity contribution in [2.75, 3.05) is 16.8 Å². The van der Waals surface area contributed by atoms with Gasteiger partial charge >= 0.3 is 5.97 Å². The van der Waals surface area contributed by atoms with Crippen LogP contribution in [-0.4, -0.2) is 28.7 Å². The average Bonchev–Trinajstić information content (AvgIpc) is 3.32. The molecule has 0 unspecified atom stereocenters. The van der Waals surface area contributed by atoms with Crippen molar-refractivity contribution in [3.8, 4) is 0 Å². The number of aryl methyl sites for hydroxylation is 1. The average molecular weight is 537 g/mol. The fourth-order valence-electron chi connectivity index (χ4n) is 3.76. The minimum absolute atomic E-state index is 0.224. The number of nitrogens with one attached hydrogen (secondary N) is 1. The van der Waals surface area contributed by atoms with Gasteiger partial charge in [0.1, 0.15) is 5.00 Å². The quantitative estimate of drug-likeness (QED) is 0.225. The van der Waals surface area contributed by atoms with Crippen LogP contribution >= 0.6 is 35.3 Å². The molecule has 0 radical (unpaired) electrons. The van der Waals surface area contributed by atoms with Gasteiger partial charge in [0, 0.05) is 16.9 Å². The Morgan fingerprint density at radius 3 is 2.31 bits per heavy atom. The zero-order chi connectivity index (χ0) is 25.8. The summed E-state index contributed by atoms with van der Waals surface area (Å²) < 4.78 is 5.57. The van der Waals surface area contributed by atoms with E-state index in [1.54, 1.807) is 19.1 Å². The molecule has 1 aliphatic rings. The zero-order valence-electron chi connectivity index (χ0n) is 20.0. The first-order chi connectivity index (χ1) is 17.3. The van der Waals surface area contributed by atoms with Gasteiger partial charge in [-0.25, -0.2) is 4.79 Å². The number of hydrogen-bond acceptors (Lipinski definition) is 7. The van der Waals surface area contributed by atoms with E-state index in [1.165, 1.54) is 16.2 Å². The number of ether oxygens (including phenoxy) is 1. The van der Waals surface area contributed by atoms with Crippen molar-refractivity contribution >= 4 is 68.1 Å². The minimum Gasteiger partial charge on any atom is -0.462 e. The molecule has 1 fully saturated rings. The highest BCUT2D eigenvalue weighted by Gasteiger charge is 2.37. The summed E-state index contributed by atoms with van der Waals surface area (Å²) in [5, 5.41) is 3.29. The van der Waals surface area contributed by atoms with E-state index in [4.69, 9.17) is 17.0 Å². The number of benzene rings is 2. The first kappa shape index (κ1) is 25.8. The summed E-state index contributed by atoms with van der Waals surface area (Å²) in [7, 11) is 0. The maximum absolute atomic E-state index is 13.7. The molecule has 0 bridgehead atoms. The second-order valence-electron chi connectivity index (χ2n) is 7.98. The highest BCUT2D eigenvalue weighted by atomic mass is 32.2. The van der Waals surface area contributed by atoms with Crippen LogP contribution in [0.3, 0.4) is 0 Å². The molecule has 1 aromatic heterocycles. The molecule has 2 heterocycles. The fraction of sp³-hybridized carbons (Fsp3) is 0.185. The minimum atomic E-state index is -0.491. The molecule has 3 aromatic rings. The molecule has 184 valence electrons. The lowest BCUT2D eigenvalue weighted by Crippen LogP contribution is -2.28. The third kappa shape index (κ3) is 5.28. The lowest BCUT2D eigenvalue weighted by molar-refractivity contribution is -0.115. The Morgan fingerprint density at radius 2 is 1.67 bits per heavy atom. The van der Waals surface area contributed by atoms with E-state index in [1.807, 2.05) is 62.4 Å². The third-order valence-electron chi connectivity index (χ3n) is 5.65. The van der Waals surface area contributed by atoms with Gasteiger partial charge in [-0.15, -0.1) is 11.3 Å². The Morgan fingerprint density at radius 1 is 1.03 bits per heavy atom. The summed E-state index contributed by atoms with van der Waals surface area (Å²) in [6, 6.07) is 18.6. The summed E-state index contributed by atoms with van der Waals surface area (Å²) in [4.78, 5) is 42.5. The molecule has 6 nitrogen and oxygen atoms in total. The maximum atomic E-state index is 13.7. The Balaban J connectivity index is 1.75. The smallest absolute Gasteiger partial charge is 0.341 e. The number of amides is 2. The van der Waals surface area contributed by atoms with E-state index in [0.717, 1.165) is 27.8 Å². The highest BCUT2D eigenvalue weighted by molar-refractivity contribution is 8.27. The lowest BCUT2D eigenvalue weighted by Gasteiger charge is -2.15. The SMILES string of the molecule is CCOC(=O)c1c(NC(=O)/C(Cc2ccccc2)=C2/SC(=S)N(c3ccccc3)C2=O)sc(C)c1C. The summed E-state index contributed by atoms with van der Waals surface area (Å²) in [5.41, 5.74) is 2.90. The van der Waals surface area contributed by atoms with Crippen LogP contribution in [0.1, 0.15) is 33.3 Å². The van der Waals surface area contributed by atoms with Crippen molar-refractivity contribution in [2.45, 2.75) is 27.2 Å². The molecule has 1 aliphatic heterocycles. The van der Waals surface area contributed by atoms with Gasteiger partial charge in [-0.1, -0.05) is 72.5 Å².